The zero-order valence-corrected chi connectivity index (χ0v) is 16.8. The molecule has 1 aliphatic rings. The Kier molecular flexibility index (Phi) is 5.00. The van der Waals surface area contributed by atoms with Crippen LogP contribution in [0.25, 0.3) is 16.9 Å². The molecule has 0 unspecified atom stereocenters. The second kappa shape index (κ2) is 8.11. The van der Waals surface area contributed by atoms with E-state index in [9.17, 15) is 4.39 Å². The first-order valence-corrected chi connectivity index (χ1v) is 9.79. The van der Waals surface area contributed by atoms with E-state index in [0.717, 1.165) is 30.7 Å². The SMILES string of the molecule is Cn1cc(-c2nc(Nc3ccc(-n4cnc(N5CCOCC5)n4)cc3)ncc2F)cn1. The number of nitrogens with zero attached hydrogens (tertiary/aromatic N) is 8. The van der Waals surface area contributed by atoms with E-state index in [4.69, 9.17) is 4.74 Å². The van der Waals surface area contributed by atoms with E-state index in [1.807, 2.05) is 24.3 Å². The van der Waals surface area contributed by atoms with Crippen LogP contribution in [-0.4, -0.2) is 60.8 Å². The number of aromatic nitrogens is 7. The molecule has 31 heavy (non-hydrogen) atoms. The van der Waals surface area contributed by atoms with Gasteiger partial charge in [-0.2, -0.15) is 10.1 Å². The van der Waals surface area contributed by atoms with Crippen LogP contribution in [0.1, 0.15) is 0 Å². The Morgan fingerprint density at radius 2 is 1.87 bits per heavy atom. The number of ether oxygens (including phenoxy) is 1. The van der Waals surface area contributed by atoms with Gasteiger partial charge in [-0.25, -0.2) is 19.0 Å². The highest BCUT2D eigenvalue weighted by Gasteiger charge is 2.15. The molecular formula is C20H20FN9O. The molecule has 1 N–H and O–H groups in total. The van der Waals surface area contributed by atoms with E-state index in [-0.39, 0.29) is 5.69 Å². The number of nitrogens with one attached hydrogen (secondary N) is 1. The minimum atomic E-state index is -0.504. The Labute approximate surface area is 177 Å². The fourth-order valence-corrected chi connectivity index (χ4v) is 3.29. The highest BCUT2D eigenvalue weighted by Crippen LogP contribution is 2.22. The van der Waals surface area contributed by atoms with Crippen LogP contribution < -0.4 is 10.2 Å². The second-order valence-corrected chi connectivity index (χ2v) is 7.05. The van der Waals surface area contributed by atoms with Crippen LogP contribution in [-0.2, 0) is 11.8 Å². The molecule has 0 bridgehead atoms. The van der Waals surface area contributed by atoms with Gasteiger partial charge in [-0.3, -0.25) is 4.68 Å². The van der Waals surface area contributed by atoms with E-state index in [0.29, 0.717) is 30.7 Å². The topological polar surface area (TPSA) is 98.8 Å². The number of aryl methyl sites for hydroxylation is 1. The van der Waals surface area contributed by atoms with Crippen molar-refractivity contribution in [2.24, 2.45) is 7.05 Å². The van der Waals surface area contributed by atoms with Gasteiger partial charge in [-0.05, 0) is 24.3 Å². The van der Waals surface area contributed by atoms with Crippen LogP contribution in [0, 0.1) is 5.82 Å². The monoisotopic (exact) mass is 421 g/mol. The van der Waals surface area contributed by atoms with E-state index < -0.39 is 5.82 Å². The van der Waals surface area contributed by atoms with Crippen molar-refractivity contribution < 1.29 is 9.13 Å². The Hall–Kier alpha value is -3.86. The van der Waals surface area contributed by atoms with Crippen LogP contribution in [0.4, 0.5) is 22.0 Å². The minimum absolute atomic E-state index is 0.195. The molecule has 0 amide bonds. The third-order valence-corrected chi connectivity index (χ3v) is 4.88. The second-order valence-electron chi connectivity index (χ2n) is 7.05. The summed E-state index contributed by atoms with van der Waals surface area (Å²) in [5.74, 6) is 0.479. The van der Waals surface area contributed by atoms with E-state index in [2.05, 4.69) is 35.4 Å². The Morgan fingerprint density at radius 3 is 2.61 bits per heavy atom. The summed E-state index contributed by atoms with van der Waals surface area (Å²) in [4.78, 5) is 14.8. The summed E-state index contributed by atoms with van der Waals surface area (Å²) in [6, 6.07) is 7.57. The molecule has 4 aromatic rings. The molecule has 11 heteroatoms. The fourth-order valence-electron chi connectivity index (χ4n) is 3.29. The number of rotatable bonds is 5. The first-order valence-electron chi connectivity index (χ1n) is 9.79. The van der Waals surface area contributed by atoms with Crippen molar-refractivity contribution in [3.05, 3.63) is 55.0 Å². The van der Waals surface area contributed by atoms with Gasteiger partial charge in [0.2, 0.25) is 11.9 Å². The first kappa shape index (κ1) is 19.1. The lowest BCUT2D eigenvalue weighted by molar-refractivity contribution is 0.122. The summed E-state index contributed by atoms with van der Waals surface area (Å²) in [5, 5.41) is 11.7. The molecule has 4 heterocycles. The molecule has 0 aliphatic carbocycles. The van der Waals surface area contributed by atoms with Gasteiger partial charge in [0.25, 0.3) is 0 Å². The molecule has 0 radical (unpaired) electrons. The fraction of sp³-hybridized carbons (Fsp3) is 0.250. The van der Waals surface area contributed by atoms with Gasteiger partial charge < -0.3 is 15.0 Å². The van der Waals surface area contributed by atoms with Crippen molar-refractivity contribution in [1.29, 1.82) is 0 Å². The molecule has 1 aliphatic heterocycles. The summed E-state index contributed by atoms with van der Waals surface area (Å²) < 4.78 is 22.9. The summed E-state index contributed by atoms with van der Waals surface area (Å²) in [7, 11) is 1.77. The molecule has 10 nitrogen and oxygen atoms in total. The van der Waals surface area contributed by atoms with Crippen molar-refractivity contribution in [3.63, 3.8) is 0 Å². The van der Waals surface area contributed by atoms with Crippen molar-refractivity contribution in [2.45, 2.75) is 0 Å². The number of anilines is 3. The van der Waals surface area contributed by atoms with Gasteiger partial charge in [-0.15, -0.1) is 5.10 Å². The minimum Gasteiger partial charge on any atom is -0.378 e. The molecule has 3 aromatic heterocycles. The highest BCUT2D eigenvalue weighted by atomic mass is 19.1. The number of hydrogen-bond donors (Lipinski definition) is 1. The lowest BCUT2D eigenvalue weighted by Gasteiger charge is -2.25. The van der Waals surface area contributed by atoms with Crippen LogP contribution in [0.5, 0.6) is 0 Å². The Morgan fingerprint density at radius 1 is 1.06 bits per heavy atom. The quantitative estimate of drug-likeness (QED) is 0.524. The molecular weight excluding hydrogens is 401 g/mol. The molecule has 1 saturated heterocycles. The summed E-state index contributed by atoms with van der Waals surface area (Å²) in [5.41, 5.74) is 2.41. The number of morpholine rings is 1. The molecule has 0 atom stereocenters. The van der Waals surface area contributed by atoms with Crippen LogP contribution in [0.3, 0.4) is 0 Å². The zero-order chi connectivity index (χ0) is 21.2. The van der Waals surface area contributed by atoms with Gasteiger partial charge in [0, 0.05) is 37.6 Å². The average molecular weight is 421 g/mol. The summed E-state index contributed by atoms with van der Waals surface area (Å²) >= 11 is 0. The van der Waals surface area contributed by atoms with Crippen molar-refractivity contribution in [1.82, 2.24) is 34.5 Å². The van der Waals surface area contributed by atoms with Crippen molar-refractivity contribution >= 4 is 17.6 Å². The van der Waals surface area contributed by atoms with E-state index in [1.54, 1.807) is 35.1 Å². The molecule has 1 aromatic carbocycles. The lowest BCUT2D eigenvalue weighted by atomic mass is 10.2. The third kappa shape index (κ3) is 4.08. The predicted molar refractivity (Wildman–Crippen MR) is 112 cm³/mol. The molecule has 5 rings (SSSR count). The van der Waals surface area contributed by atoms with Crippen LogP contribution in [0.2, 0.25) is 0 Å². The highest BCUT2D eigenvalue weighted by molar-refractivity contribution is 5.61. The molecule has 158 valence electrons. The Bertz CT molecular complexity index is 1180. The first-order chi connectivity index (χ1) is 15.2. The van der Waals surface area contributed by atoms with E-state index in [1.165, 1.54) is 0 Å². The van der Waals surface area contributed by atoms with Gasteiger partial charge in [0.05, 0.1) is 31.3 Å². The maximum absolute atomic E-state index is 14.2. The number of benzene rings is 1. The molecule has 0 saturated carbocycles. The lowest BCUT2D eigenvalue weighted by Crippen LogP contribution is -2.37. The van der Waals surface area contributed by atoms with Gasteiger partial charge in [0.15, 0.2) is 5.82 Å². The Balaban J connectivity index is 1.31. The van der Waals surface area contributed by atoms with Crippen LogP contribution >= 0.6 is 0 Å². The maximum atomic E-state index is 14.2. The maximum Gasteiger partial charge on any atom is 0.245 e. The molecule has 1 fully saturated rings. The average Bonchev–Trinajstić information content (AvgIpc) is 3.46. The van der Waals surface area contributed by atoms with Gasteiger partial charge in [0.1, 0.15) is 12.0 Å². The van der Waals surface area contributed by atoms with Crippen molar-refractivity contribution in [3.8, 4) is 16.9 Å². The third-order valence-electron chi connectivity index (χ3n) is 4.88. The summed E-state index contributed by atoms with van der Waals surface area (Å²) in [6.45, 7) is 2.93. The largest absolute Gasteiger partial charge is 0.378 e. The normalized spacial score (nSPS) is 14.1. The number of halogens is 1. The zero-order valence-electron chi connectivity index (χ0n) is 16.8. The molecule has 0 spiro atoms. The summed E-state index contributed by atoms with van der Waals surface area (Å²) in [6.07, 6.45) is 6.10. The standard InChI is InChI=1S/C20H20FN9O/c1-28-12-14(10-24-28)18-17(21)11-22-19(26-18)25-15-2-4-16(5-3-15)30-13-23-20(27-30)29-6-8-31-9-7-29/h2-5,10-13H,6-9H2,1H3,(H,22,25,26). The smallest absolute Gasteiger partial charge is 0.245 e. The van der Waals surface area contributed by atoms with Gasteiger partial charge >= 0.3 is 0 Å². The van der Waals surface area contributed by atoms with Gasteiger partial charge in [-0.1, -0.05) is 0 Å². The predicted octanol–water partition coefficient (Wildman–Crippen LogP) is 2.18. The number of hydrogen-bond acceptors (Lipinski definition) is 8. The van der Waals surface area contributed by atoms with Crippen LogP contribution in [0.15, 0.2) is 49.2 Å². The van der Waals surface area contributed by atoms with E-state index >= 15 is 0 Å². The van der Waals surface area contributed by atoms with Crippen molar-refractivity contribution in [2.75, 3.05) is 36.5 Å².